The Balaban J connectivity index is 0.00000240. The number of aliphatic imine (C=N–C) groups is 1. The van der Waals surface area contributed by atoms with E-state index in [1.54, 1.807) is 13.4 Å². The van der Waals surface area contributed by atoms with Crippen LogP contribution in [-0.4, -0.2) is 64.1 Å². The average Bonchev–Trinajstić information content (AvgIpc) is 3.47. The van der Waals surface area contributed by atoms with Gasteiger partial charge >= 0.3 is 0 Å². The lowest BCUT2D eigenvalue weighted by Crippen LogP contribution is -2.44. The van der Waals surface area contributed by atoms with Crippen molar-refractivity contribution >= 4 is 41.8 Å². The lowest BCUT2D eigenvalue weighted by atomic mass is 9.85. The van der Waals surface area contributed by atoms with E-state index in [0.717, 1.165) is 25.2 Å². The molecule has 2 N–H and O–H groups in total. The van der Waals surface area contributed by atoms with Gasteiger partial charge in [-0.2, -0.15) is 0 Å². The molecule has 1 saturated heterocycles. The van der Waals surface area contributed by atoms with Crippen molar-refractivity contribution < 1.29 is 9.59 Å². The third-order valence-electron chi connectivity index (χ3n) is 6.07. The van der Waals surface area contributed by atoms with Crippen molar-refractivity contribution in [2.24, 2.45) is 28.7 Å². The molecule has 1 saturated carbocycles. The number of hydrogen-bond acceptors (Lipinski definition) is 5. The summed E-state index contributed by atoms with van der Waals surface area (Å²) < 4.78 is 2.00. The standard InChI is InChI=1S/C19H27N7O2.HI/c1-3-14-24-23-11-25(14)8-6-21-19(20-2)22-7-9-26-17(27)15-12-4-5-13(10-12)16(15)18(26)28;/h4-5,11-13,15-16H,3,6-10H2,1-2H3,(H2,20,21,22);1H. The highest BCUT2D eigenvalue weighted by Crippen LogP contribution is 2.52. The third-order valence-corrected chi connectivity index (χ3v) is 6.07. The first-order chi connectivity index (χ1) is 13.6. The van der Waals surface area contributed by atoms with Gasteiger partial charge in [0.15, 0.2) is 5.96 Å². The van der Waals surface area contributed by atoms with E-state index in [-0.39, 0.29) is 59.5 Å². The predicted molar refractivity (Wildman–Crippen MR) is 119 cm³/mol. The number of nitrogens with one attached hydrogen (secondary N) is 2. The van der Waals surface area contributed by atoms with Gasteiger partial charge in [0.1, 0.15) is 12.2 Å². The third kappa shape index (κ3) is 4.03. The molecular formula is C19H28IN7O2. The SMILES string of the molecule is CCc1nncn1CCNC(=NC)NCCN1C(=O)C2C3C=CC(C3)C2C1=O.I. The Morgan fingerprint density at radius 1 is 1.14 bits per heavy atom. The molecule has 2 fully saturated rings. The molecule has 10 heteroatoms. The second kappa shape index (κ2) is 9.23. The summed E-state index contributed by atoms with van der Waals surface area (Å²) in [6, 6.07) is 0. The molecule has 2 bridgehead atoms. The molecule has 0 radical (unpaired) electrons. The smallest absolute Gasteiger partial charge is 0.233 e. The number of fused-ring (bicyclic) bond motifs is 5. The van der Waals surface area contributed by atoms with E-state index in [1.165, 1.54) is 4.90 Å². The summed E-state index contributed by atoms with van der Waals surface area (Å²) in [4.78, 5) is 31.0. The van der Waals surface area contributed by atoms with E-state index in [4.69, 9.17) is 0 Å². The molecule has 9 nitrogen and oxygen atoms in total. The maximum Gasteiger partial charge on any atom is 0.233 e. The molecule has 2 amide bonds. The van der Waals surface area contributed by atoms with Crippen molar-refractivity contribution in [3.8, 4) is 0 Å². The highest BCUT2D eigenvalue weighted by Gasteiger charge is 2.58. The fourth-order valence-corrected chi connectivity index (χ4v) is 4.73. The first kappa shape index (κ1) is 21.7. The first-order valence-corrected chi connectivity index (χ1v) is 9.98. The lowest BCUT2D eigenvalue weighted by Gasteiger charge is -2.18. The van der Waals surface area contributed by atoms with Gasteiger partial charge in [-0.15, -0.1) is 34.2 Å². The van der Waals surface area contributed by atoms with E-state index in [0.29, 0.717) is 25.6 Å². The molecule has 3 aliphatic rings. The number of carbonyl (C=O) groups is 2. The van der Waals surface area contributed by atoms with E-state index < -0.39 is 0 Å². The van der Waals surface area contributed by atoms with Crippen LogP contribution < -0.4 is 10.6 Å². The maximum atomic E-state index is 12.7. The van der Waals surface area contributed by atoms with Crippen LogP contribution in [0.3, 0.4) is 0 Å². The minimum atomic E-state index is -0.128. The zero-order valence-electron chi connectivity index (χ0n) is 16.7. The Kier molecular flexibility index (Phi) is 6.91. The Morgan fingerprint density at radius 2 is 1.76 bits per heavy atom. The van der Waals surface area contributed by atoms with Crippen molar-refractivity contribution in [1.82, 2.24) is 30.3 Å². The van der Waals surface area contributed by atoms with Gasteiger partial charge in [-0.3, -0.25) is 19.5 Å². The summed E-state index contributed by atoms with van der Waals surface area (Å²) in [6.45, 7) is 4.30. The lowest BCUT2D eigenvalue weighted by molar-refractivity contribution is -0.140. The minimum absolute atomic E-state index is 0. The molecule has 2 heterocycles. The van der Waals surface area contributed by atoms with Crippen molar-refractivity contribution in [3.63, 3.8) is 0 Å². The number of carbonyl (C=O) groups excluding carboxylic acids is 2. The highest BCUT2D eigenvalue weighted by atomic mass is 127. The van der Waals surface area contributed by atoms with Crippen molar-refractivity contribution in [2.75, 3.05) is 26.7 Å². The predicted octanol–water partition coefficient (Wildman–Crippen LogP) is 0.431. The van der Waals surface area contributed by atoms with Crippen LogP contribution in [0.2, 0.25) is 0 Å². The van der Waals surface area contributed by atoms with Gasteiger partial charge in [-0.1, -0.05) is 19.1 Å². The average molecular weight is 513 g/mol. The Labute approximate surface area is 187 Å². The molecule has 1 aromatic rings. The molecule has 2 aliphatic carbocycles. The van der Waals surface area contributed by atoms with Gasteiger partial charge in [0, 0.05) is 39.6 Å². The van der Waals surface area contributed by atoms with Crippen LogP contribution in [0.25, 0.3) is 0 Å². The van der Waals surface area contributed by atoms with Crippen molar-refractivity contribution in [3.05, 3.63) is 24.3 Å². The number of hydrogen-bond donors (Lipinski definition) is 2. The number of aryl methyl sites for hydroxylation is 1. The monoisotopic (exact) mass is 513 g/mol. The summed E-state index contributed by atoms with van der Waals surface area (Å²) in [5, 5.41) is 14.4. The summed E-state index contributed by atoms with van der Waals surface area (Å²) in [7, 11) is 1.70. The summed E-state index contributed by atoms with van der Waals surface area (Å²) in [5.41, 5.74) is 0. The topological polar surface area (TPSA) is 105 Å². The van der Waals surface area contributed by atoms with Gasteiger partial charge in [0.25, 0.3) is 0 Å². The number of rotatable bonds is 7. The Hall–Kier alpha value is -1.98. The van der Waals surface area contributed by atoms with Crippen LogP contribution in [0.1, 0.15) is 19.2 Å². The van der Waals surface area contributed by atoms with Crippen LogP contribution in [0.5, 0.6) is 0 Å². The van der Waals surface area contributed by atoms with Gasteiger partial charge in [0.05, 0.1) is 11.8 Å². The van der Waals surface area contributed by atoms with E-state index in [9.17, 15) is 9.59 Å². The molecule has 0 aromatic carbocycles. The number of halogens is 1. The fraction of sp³-hybridized carbons (Fsp3) is 0.632. The number of aromatic nitrogens is 3. The molecular weight excluding hydrogens is 485 g/mol. The molecule has 0 spiro atoms. The van der Waals surface area contributed by atoms with Crippen LogP contribution in [0.15, 0.2) is 23.5 Å². The van der Waals surface area contributed by atoms with Crippen molar-refractivity contribution in [1.29, 1.82) is 0 Å². The molecule has 4 atom stereocenters. The number of nitrogens with zero attached hydrogens (tertiary/aromatic N) is 5. The van der Waals surface area contributed by atoms with Crippen LogP contribution >= 0.6 is 24.0 Å². The van der Waals surface area contributed by atoms with Crippen LogP contribution in [-0.2, 0) is 22.6 Å². The zero-order valence-corrected chi connectivity index (χ0v) is 19.1. The second-order valence-electron chi connectivity index (χ2n) is 7.55. The summed E-state index contributed by atoms with van der Waals surface area (Å²) in [5.74, 6) is 1.84. The molecule has 1 aromatic heterocycles. The number of amides is 2. The fourth-order valence-electron chi connectivity index (χ4n) is 4.73. The van der Waals surface area contributed by atoms with Gasteiger partial charge < -0.3 is 15.2 Å². The van der Waals surface area contributed by atoms with E-state index in [1.807, 2.05) is 11.5 Å². The van der Waals surface area contributed by atoms with Crippen LogP contribution in [0.4, 0.5) is 0 Å². The van der Waals surface area contributed by atoms with Gasteiger partial charge in [-0.05, 0) is 18.3 Å². The second-order valence-corrected chi connectivity index (χ2v) is 7.55. The number of imide groups is 1. The molecule has 158 valence electrons. The highest BCUT2D eigenvalue weighted by molar-refractivity contribution is 14.0. The quantitative estimate of drug-likeness (QED) is 0.180. The molecule has 29 heavy (non-hydrogen) atoms. The molecule has 1 aliphatic heterocycles. The largest absolute Gasteiger partial charge is 0.355 e. The van der Waals surface area contributed by atoms with Crippen molar-refractivity contribution in [2.45, 2.75) is 26.3 Å². The minimum Gasteiger partial charge on any atom is -0.355 e. The maximum absolute atomic E-state index is 12.7. The normalized spacial score (nSPS) is 27.4. The van der Waals surface area contributed by atoms with Gasteiger partial charge in [0.2, 0.25) is 11.8 Å². The van der Waals surface area contributed by atoms with E-state index in [2.05, 4.69) is 38.0 Å². The van der Waals surface area contributed by atoms with Gasteiger partial charge in [-0.25, -0.2) is 0 Å². The summed E-state index contributed by atoms with van der Waals surface area (Å²) >= 11 is 0. The number of guanidine groups is 1. The zero-order chi connectivity index (χ0) is 19.7. The summed E-state index contributed by atoms with van der Waals surface area (Å²) in [6.07, 6.45) is 7.75. The van der Waals surface area contributed by atoms with E-state index >= 15 is 0 Å². The number of allylic oxidation sites excluding steroid dienone is 2. The Morgan fingerprint density at radius 3 is 2.34 bits per heavy atom. The Bertz CT molecular complexity index is 791. The first-order valence-electron chi connectivity index (χ1n) is 9.98. The van der Waals surface area contributed by atoms with Crippen LogP contribution in [0, 0.1) is 23.7 Å². The number of likely N-dealkylation sites (tertiary alicyclic amines) is 1. The molecule has 4 rings (SSSR count). The molecule has 4 unspecified atom stereocenters.